The van der Waals surface area contributed by atoms with Crippen molar-refractivity contribution in [1.29, 1.82) is 5.26 Å². The minimum Gasteiger partial charge on any atom is -0.432 e. The highest BCUT2D eigenvalue weighted by atomic mass is 19.3. The molecule has 2 atom stereocenters. The number of pyridine rings is 1. The van der Waals surface area contributed by atoms with Gasteiger partial charge in [-0.05, 0) is 0 Å². The van der Waals surface area contributed by atoms with Crippen LogP contribution in [0.1, 0.15) is 5.69 Å². The first-order valence-electron chi connectivity index (χ1n) is 6.61. The second-order valence-electron chi connectivity index (χ2n) is 4.95. The van der Waals surface area contributed by atoms with Gasteiger partial charge in [0.25, 0.3) is 0 Å². The third-order valence-corrected chi connectivity index (χ3v) is 3.61. The van der Waals surface area contributed by atoms with E-state index in [0.717, 1.165) is 13.1 Å². The van der Waals surface area contributed by atoms with Crippen molar-refractivity contribution in [2.24, 2.45) is 0 Å². The predicted octanol–water partition coefficient (Wildman–Crippen LogP) is 0.732. The summed E-state index contributed by atoms with van der Waals surface area (Å²) in [6, 6.07) is 3.30. The van der Waals surface area contributed by atoms with Crippen LogP contribution in [0.25, 0.3) is 0 Å². The molecule has 3 saturated heterocycles. The maximum Gasteiger partial charge on any atom is 0.387 e. The van der Waals surface area contributed by atoms with Gasteiger partial charge in [0.05, 0.1) is 30.6 Å². The molecule has 1 aromatic heterocycles. The standard InChI is InChI=1S/C13H14F2N4O2/c14-13(15)21-12-1-8(4-18-11(12)2-16)19-6-10-5-17-3-9(19)7-20-10/h1,4,9-10,13,17H,3,5-7H2. The van der Waals surface area contributed by atoms with Gasteiger partial charge in [0.1, 0.15) is 6.07 Å². The molecule has 2 bridgehead atoms. The number of fused-ring (bicyclic) bond motifs is 4. The van der Waals surface area contributed by atoms with Gasteiger partial charge in [-0.2, -0.15) is 14.0 Å². The molecule has 0 radical (unpaired) electrons. The number of aromatic nitrogens is 1. The lowest BCUT2D eigenvalue weighted by Gasteiger charge is -2.37. The summed E-state index contributed by atoms with van der Waals surface area (Å²) in [5, 5.41) is 12.2. The van der Waals surface area contributed by atoms with Crippen molar-refractivity contribution in [2.75, 3.05) is 31.1 Å². The molecule has 8 heteroatoms. The van der Waals surface area contributed by atoms with Gasteiger partial charge >= 0.3 is 6.61 Å². The molecular weight excluding hydrogens is 282 g/mol. The van der Waals surface area contributed by atoms with Gasteiger partial charge < -0.3 is 19.7 Å². The third-order valence-electron chi connectivity index (χ3n) is 3.61. The Bertz CT molecular complexity index is 560. The summed E-state index contributed by atoms with van der Waals surface area (Å²) in [6.45, 7) is -0.250. The smallest absolute Gasteiger partial charge is 0.387 e. The molecule has 0 spiro atoms. The van der Waals surface area contributed by atoms with Crippen LogP contribution in [0, 0.1) is 11.3 Å². The zero-order valence-corrected chi connectivity index (χ0v) is 11.1. The summed E-state index contributed by atoms with van der Waals surface area (Å²) in [7, 11) is 0. The molecule has 4 heterocycles. The monoisotopic (exact) mass is 296 g/mol. The van der Waals surface area contributed by atoms with E-state index in [1.807, 2.05) is 0 Å². The Morgan fingerprint density at radius 2 is 2.38 bits per heavy atom. The summed E-state index contributed by atoms with van der Waals surface area (Å²) < 4.78 is 34.9. The topological polar surface area (TPSA) is 70.4 Å². The SMILES string of the molecule is N#Cc1ncc(N2CC3CNCC2CO3)cc1OC(F)F. The van der Waals surface area contributed by atoms with Crippen molar-refractivity contribution in [1.82, 2.24) is 10.3 Å². The molecule has 112 valence electrons. The molecule has 1 aromatic rings. The minimum atomic E-state index is -2.99. The molecular formula is C13H14F2N4O2. The number of hydrogen-bond donors (Lipinski definition) is 1. The molecule has 21 heavy (non-hydrogen) atoms. The van der Waals surface area contributed by atoms with E-state index >= 15 is 0 Å². The second-order valence-corrected chi connectivity index (χ2v) is 4.95. The number of ether oxygens (including phenoxy) is 2. The number of anilines is 1. The molecule has 3 fully saturated rings. The average molecular weight is 296 g/mol. The van der Waals surface area contributed by atoms with Gasteiger partial charge in [-0.1, -0.05) is 0 Å². The number of alkyl halides is 2. The average Bonchev–Trinajstić information content (AvgIpc) is 2.82. The third kappa shape index (κ3) is 2.89. The number of halogens is 2. The van der Waals surface area contributed by atoms with Gasteiger partial charge in [0, 0.05) is 25.7 Å². The van der Waals surface area contributed by atoms with Crippen LogP contribution in [0.5, 0.6) is 5.75 Å². The highest BCUT2D eigenvalue weighted by molar-refractivity contribution is 5.54. The van der Waals surface area contributed by atoms with Crippen LogP contribution in [0.4, 0.5) is 14.5 Å². The van der Waals surface area contributed by atoms with E-state index in [9.17, 15) is 8.78 Å². The van der Waals surface area contributed by atoms with Crippen LogP contribution in [0.15, 0.2) is 12.3 Å². The zero-order valence-electron chi connectivity index (χ0n) is 11.1. The fourth-order valence-electron chi connectivity index (χ4n) is 2.64. The maximum atomic E-state index is 12.4. The first kappa shape index (κ1) is 14.0. The summed E-state index contributed by atoms with van der Waals surface area (Å²) in [5.74, 6) is -0.195. The summed E-state index contributed by atoms with van der Waals surface area (Å²) in [5.41, 5.74) is 0.514. The molecule has 0 saturated carbocycles. The predicted molar refractivity (Wildman–Crippen MR) is 69.3 cm³/mol. The number of morpholine rings is 1. The summed E-state index contributed by atoms with van der Waals surface area (Å²) in [4.78, 5) is 5.97. The van der Waals surface area contributed by atoms with Crippen molar-refractivity contribution >= 4 is 5.69 Å². The minimum absolute atomic E-state index is 0.0545. The Morgan fingerprint density at radius 1 is 1.52 bits per heavy atom. The Hall–Kier alpha value is -1.98. The summed E-state index contributed by atoms with van der Waals surface area (Å²) in [6.07, 6.45) is 1.57. The lowest BCUT2D eigenvalue weighted by Crippen LogP contribution is -2.49. The van der Waals surface area contributed by atoms with E-state index < -0.39 is 6.61 Å². The van der Waals surface area contributed by atoms with E-state index in [1.54, 1.807) is 6.07 Å². The molecule has 0 amide bonds. The number of nitrogens with zero attached hydrogens (tertiary/aromatic N) is 3. The first-order valence-corrected chi connectivity index (χ1v) is 6.61. The van der Waals surface area contributed by atoms with Crippen molar-refractivity contribution in [3.8, 4) is 11.8 Å². The van der Waals surface area contributed by atoms with E-state index in [2.05, 4.69) is 19.9 Å². The van der Waals surface area contributed by atoms with E-state index in [1.165, 1.54) is 12.3 Å². The Balaban J connectivity index is 1.90. The Morgan fingerprint density at radius 3 is 3.14 bits per heavy atom. The maximum absolute atomic E-state index is 12.4. The fourth-order valence-corrected chi connectivity index (χ4v) is 2.64. The fraction of sp³-hybridized carbons (Fsp3) is 0.538. The van der Waals surface area contributed by atoms with Crippen LogP contribution in [-0.2, 0) is 4.74 Å². The van der Waals surface area contributed by atoms with Crippen molar-refractivity contribution in [2.45, 2.75) is 18.8 Å². The van der Waals surface area contributed by atoms with E-state index in [0.29, 0.717) is 18.8 Å². The van der Waals surface area contributed by atoms with Crippen LogP contribution in [0.2, 0.25) is 0 Å². The summed E-state index contributed by atoms with van der Waals surface area (Å²) >= 11 is 0. The van der Waals surface area contributed by atoms with Crippen molar-refractivity contribution in [3.63, 3.8) is 0 Å². The number of hydrogen-bond acceptors (Lipinski definition) is 6. The molecule has 3 aliphatic heterocycles. The molecule has 4 rings (SSSR count). The first-order chi connectivity index (χ1) is 10.2. The molecule has 0 aliphatic carbocycles. The number of nitrogens with one attached hydrogen (secondary N) is 1. The number of rotatable bonds is 3. The van der Waals surface area contributed by atoms with Gasteiger partial charge in [-0.15, -0.1) is 0 Å². The molecule has 3 aliphatic rings. The Labute approximate surface area is 120 Å². The normalized spacial score (nSPS) is 24.8. The number of nitriles is 1. The van der Waals surface area contributed by atoms with Crippen LogP contribution in [0.3, 0.4) is 0 Å². The van der Waals surface area contributed by atoms with E-state index in [-0.39, 0.29) is 23.6 Å². The lowest BCUT2D eigenvalue weighted by atomic mass is 10.1. The molecule has 0 aromatic carbocycles. The molecule has 6 nitrogen and oxygen atoms in total. The van der Waals surface area contributed by atoms with Crippen molar-refractivity contribution in [3.05, 3.63) is 18.0 Å². The van der Waals surface area contributed by atoms with Crippen LogP contribution >= 0.6 is 0 Å². The lowest BCUT2D eigenvalue weighted by molar-refractivity contribution is -0.0502. The van der Waals surface area contributed by atoms with E-state index in [4.69, 9.17) is 10.00 Å². The highest BCUT2D eigenvalue weighted by Gasteiger charge is 2.32. The quantitative estimate of drug-likeness (QED) is 0.887. The molecule has 2 unspecified atom stereocenters. The Kier molecular flexibility index (Phi) is 3.86. The van der Waals surface area contributed by atoms with Gasteiger partial charge in [-0.3, -0.25) is 0 Å². The highest BCUT2D eigenvalue weighted by Crippen LogP contribution is 2.28. The molecule has 1 N–H and O–H groups in total. The second kappa shape index (κ2) is 5.79. The largest absolute Gasteiger partial charge is 0.432 e. The van der Waals surface area contributed by atoms with Crippen LogP contribution in [-0.4, -0.2) is 50.0 Å². The van der Waals surface area contributed by atoms with Gasteiger partial charge in [0.2, 0.25) is 0 Å². The van der Waals surface area contributed by atoms with Crippen LogP contribution < -0.4 is 15.0 Å². The van der Waals surface area contributed by atoms with Gasteiger partial charge in [-0.25, -0.2) is 4.98 Å². The van der Waals surface area contributed by atoms with Crippen molar-refractivity contribution < 1.29 is 18.3 Å². The zero-order chi connectivity index (χ0) is 14.8. The van der Waals surface area contributed by atoms with Gasteiger partial charge in [0.15, 0.2) is 11.4 Å².